The average Bonchev–Trinajstić information content (AvgIpc) is 2.76. The SMILES string of the molecule is CC(C)c1nn(C)c(NCCCOc2ccccc2)c1N. The van der Waals surface area contributed by atoms with Crippen molar-refractivity contribution >= 4 is 11.5 Å². The van der Waals surface area contributed by atoms with E-state index in [1.54, 1.807) is 0 Å². The summed E-state index contributed by atoms with van der Waals surface area (Å²) >= 11 is 0. The molecule has 0 aliphatic carbocycles. The molecule has 1 heterocycles. The van der Waals surface area contributed by atoms with Crippen molar-refractivity contribution in [2.24, 2.45) is 7.05 Å². The van der Waals surface area contributed by atoms with Gasteiger partial charge in [0.1, 0.15) is 11.6 Å². The van der Waals surface area contributed by atoms with Gasteiger partial charge in [-0.15, -0.1) is 0 Å². The van der Waals surface area contributed by atoms with E-state index in [9.17, 15) is 0 Å². The van der Waals surface area contributed by atoms with E-state index in [-0.39, 0.29) is 0 Å². The third kappa shape index (κ3) is 3.90. The van der Waals surface area contributed by atoms with Crippen LogP contribution in [-0.4, -0.2) is 22.9 Å². The lowest BCUT2D eigenvalue weighted by Crippen LogP contribution is -2.11. The number of ether oxygens (including phenoxy) is 1. The Morgan fingerprint density at radius 2 is 2.00 bits per heavy atom. The largest absolute Gasteiger partial charge is 0.494 e. The number of aromatic nitrogens is 2. The zero-order valence-corrected chi connectivity index (χ0v) is 13.0. The van der Waals surface area contributed by atoms with Crippen LogP contribution in [0.2, 0.25) is 0 Å². The van der Waals surface area contributed by atoms with Crippen LogP contribution in [0, 0.1) is 0 Å². The van der Waals surface area contributed by atoms with E-state index in [1.807, 2.05) is 42.1 Å². The molecule has 0 unspecified atom stereocenters. The van der Waals surface area contributed by atoms with Crippen LogP contribution >= 0.6 is 0 Å². The normalized spacial score (nSPS) is 10.9. The fourth-order valence-electron chi connectivity index (χ4n) is 2.18. The number of benzene rings is 1. The van der Waals surface area contributed by atoms with E-state index in [2.05, 4.69) is 24.3 Å². The summed E-state index contributed by atoms with van der Waals surface area (Å²) in [7, 11) is 1.91. The first-order valence-electron chi connectivity index (χ1n) is 7.33. The number of hydrogen-bond acceptors (Lipinski definition) is 4. The van der Waals surface area contributed by atoms with Crippen LogP contribution in [0.5, 0.6) is 5.75 Å². The maximum atomic E-state index is 6.13. The van der Waals surface area contributed by atoms with Gasteiger partial charge in [0.25, 0.3) is 0 Å². The number of nitrogens with one attached hydrogen (secondary N) is 1. The highest BCUT2D eigenvalue weighted by atomic mass is 16.5. The summed E-state index contributed by atoms with van der Waals surface area (Å²) in [6.07, 6.45) is 0.899. The van der Waals surface area contributed by atoms with Gasteiger partial charge in [-0.1, -0.05) is 32.0 Å². The molecule has 5 nitrogen and oxygen atoms in total. The van der Waals surface area contributed by atoms with Crippen LogP contribution in [0.4, 0.5) is 11.5 Å². The Morgan fingerprint density at radius 3 is 2.62 bits per heavy atom. The second-order valence-electron chi connectivity index (χ2n) is 5.37. The van der Waals surface area contributed by atoms with Gasteiger partial charge in [0.2, 0.25) is 0 Å². The minimum absolute atomic E-state index is 0.327. The van der Waals surface area contributed by atoms with E-state index < -0.39 is 0 Å². The van der Waals surface area contributed by atoms with E-state index in [1.165, 1.54) is 0 Å². The molecule has 0 spiro atoms. The summed E-state index contributed by atoms with van der Waals surface area (Å²) in [6.45, 7) is 5.66. The van der Waals surface area contributed by atoms with E-state index in [4.69, 9.17) is 10.5 Å². The predicted molar refractivity (Wildman–Crippen MR) is 86.8 cm³/mol. The van der Waals surface area contributed by atoms with Crippen molar-refractivity contribution < 1.29 is 4.74 Å². The smallest absolute Gasteiger partial charge is 0.147 e. The van der Waals surface area contributed by atoms with Gasteiger partial charge in [-0.25, -0.2) is 0 Å². The number of nitrogens with zero attached hydrogens (tertiary/aromatic N) is 2. The molecule has 1 aromatic heterocycles. The van der Waals surface area contributed by atoms with Crippen LogP contribution in [0.1, 0.15) is 31.9 Å². The standard InChI is InChI=1S/C16H24N4O/c1-12(2)15-14(17)16(20(3)19-15)18-10-7-11-21-13-8-5-4-6-9-13/h4-6,8-9,12,18H,7,10-11,17H2,1-3H3. The summed E-state index contributed by atoms with van der Waals surface area (Å²) in [6, 6.07) is 9.84. The molecule has 0 radical (unpaired) electrons. The second-order valence-corrected chi connectivity index (χ2v) is 5.37. The lowest BCUT2D eigenvalue weighted by molar-refractivity contribution is 0.315. The van der Waals surface area contributed by atoms with Gasteiger partial charge in [-0.3, -0.25) is 4.68 Å². The van der Waals surface area contributed by atoms with Crippen LogP contribution in [-0.2, 0) is 7.05 Å². The van der Waals surface area contributed by atoms with Gasteiger partial charge >= 0.3 is 0 Å². The summed E-state index contributed by atoms with van der Waals surface area (Å²) < 4.78 is 7.46. The molecule has 2 rings (SSSR count). The predicted octanol–water partition coefficient (Wildman–Crippen LogP) is 3.01. The summed E-state index contributed by atoms with van der Waals surface area (Å²) in [5, 5.41) is 7.79. The van der Waals surface area contributed by atoms with Gasteiger partial charge in [0.05, 0.1) is 18.0 Å². The third-order valence-corrected chi connectivity index (χ3v) is 3.28. The Morgan fingerprint density at radius 1 is 1.29 bits per heavy atom. The number of anilines is 2. The highest BCUT2D eigenvalue weighted by Gasteiger charge is 2.15. The molecule has 0 atom stereocenters. The highest BCUT2D eigenvalue weighted by Crippen LogP contribution is 2.27. The number of nitrogen functional groups attached to an aromatic ring is 1. The minimum atomic E-state index is 0.327. The molecule has 2 aromatic rings. The van der Waals surface area contributed by atoms with Crippen molar-refractivity contribution in [3.05, 3.63) is 36.0 Å². The van der Waals surface area contributed by atoms with Crippen LogP contribution < -0.4 is 15.8 Å². The molecule has 0 fully saturated rings. The number of para-hydroxylation sites is 1. The lowest BCUT2D eigenvalue weighted by Gasteiger charge is -2.09. The Hall–Kier alpha value is -2.17. The van der Waals surface area contributed by atoms with E-state index in [0.717, 1.165) is 35.9 Å². The molecule has 3 N–H and O–H groups in total. The summed E-state index contributed by atoms with van der Waals surface area (Å²) in [5.41, 5.74) is 7.83. The maximum absolute atomic E-state index is 6.13. The summed E-state index contributed by atoms with van der Waals surface area (Å²) in [5.74, 6) is 2.12. The van der Waals surface area contributed by atoms with E-state index in [0.29, 0.717) is 12.5 Å². The van der Waals surface area contributed by atoms with Crippen molar-refractivity contribution in [3.63, 3.8) is 0 Å². The van der Waals surface area contributed by atoms with Crippen molar-refractivity contribution in [2.45, 2.75) is 26.2 Å². The van der Waals surface area contributed by atoms with Crippen molar-refractivity contribution in [3.8, 4) is 5.75 Å². The minimum Gasteiger partial charge on any atom is -0.494 e. The number of aryl methyl sites for hydroxylation is 1. The van der Waals surface area contributed by atoms with Crippen LogP contribution in [0.25, 0.3) is 0 Å². The first kappa shape index (κ1) is 15.2. The number of hydrogen-bond donors (Lipinski definition) is 2. The Labute approximate surface area is 126 Å². The van der Waals surface area contributed by atoms with Gasteiger partial charge in [0, 0.05) is 13.6 Å². The molecule has 0 saturated carbocycles. The van der Waals surface area contributed by atoms with Crippen molar-refractivity contribution in [1.82, 2.24) is 9.78 Å². The molecule has 1 aromatic carbocycles. The first-order valence-corrected chi connectivity index (χ1v) is 7.33. The molecule has 0 bridgehead atoms. The van der Waals surface area contributed by atoms with Crippen molar-refractivity contribution in [2.75, 3.05) is 24.2 Å². The maximum Gasteiger partial charge on any atom is 0.147 e. The quantitative estimate of drug-likeness (QED) is 0.769. The van der Waals surface area contributed by atoms with Gasteiger partial charge in [0.15, 0.2) is 0 Å². The van der Waals surface area contributed by atoms with Crippen molar-refractivity contribution in [1.29, 1.82) is 0 Å². The fourth-order valence-corrected chi connectivity index (χ4v) is 2.18. The molecule has 0 saturated heterocycles. The second kappa shape index (κ2) is 7.02. The van der Waals surface area contributed by atoms with Gasteiger partial charge in [-0.2, -0.15) is 5.10 Å². The molecule has 0 amide bonds. The zero-order valence-electron chi connectivity index (χ0n) is 13.0. The lowest BCUT2D eigenvalue weighted by atomic mass is 10.1. The molecular weight excluding hydrogens is 264 g/mol. The van der Waals surface area contributed by atoms with Gasteiger partial charge in [-0.05, 0) is 24.5 Å². The Bertz CT molecular complexity index is 563. The Balaban J connectivity index is 1.79. The van der Waals surface area contributed by atoms with Gasteiger partial charge < -0.3 is 15.8 Å². The monoisotopic (exact) mass is 288 g/mol. The van der Waals surface area contributed by atoms with E-state index >= 15 is 0 Å². The molecule has 21 heavy (non-hydrogen) atoms. The number of nitrogens with two attached hydrogens (primary N) is 1. The fraction of sp³-hybridized carbons (Fsp3) is 0.438. The molecule has 0 aliphatic rings. The summed E-state index contributed by atoms with van der Waals surface area (Å²) in [4.78, 5) is 0. The molecule has 5 heteroatoms. The van der Waals surface area contributed by atoms with Crippen LogP contribution in [0.15, 0.2) is 30.3 Å². The topological polar surface area (TPSA) is 65.1 Å². The average molecular weight is 288 g/mol. The Kier molecular flexibility index (Phi) is 5.09. The van der Waals surface area contributed by atoms with Crippen LogP contribution in [0.3, 0.4) is 0 Å². The molecular formula is C16H24N4O. The molecule has 0 aliphatic heterocycles. The molecule has 114 valence electrons. The zero-order chi connectivity index (χ0) is 15.2. The first-order chi connectivity index (χ1) is 10.1. The highest BCUT2D eigenvalue weighted by molar-refractivity contribution is 5.65. The third-order valence-electron chi connectivity index (χ3n) is 3.28. The number of rotatable bonds is 7.